The molecule has 5 rings (SSSR count). The molecule has 0 aliphatic carbocycles. The lowest BCUT2D eigenvalue weighted by Crippen LogP contribution is -2.57. The number of halogens is 1. The number of aliphatic imine (C=N–C) groups is 1. The van der Waals surface area contributed by atoms with Crippen LogP contribution in [0.5, 0.6) is 0 Å². The maximum atomic E-state index is 13.0. The van der Waals surface area contributed by atoms with E-state index < -0.39 is 5.91 Å². The summed E-state index contributed by atoms with van der Waals surface area (Å²) in [7, 11) is 1.61. The molecule has 2 aliphatic rings. The Bertz CT molecular complexity index is 1310. The molecule has 11 nitrogen and oxygen atoms in total. The molecule has 3 aromatic rings. The number of hydrogen-bond donors (Lipinski definition) is 5. The Balaban J connectivity index is 1.20. The molecule has 34 heavy (non-hydrogen) atoms. The van der Waals surface area contributed by atoms with Crippen LogP contribution < -0.4 is 21.7 Å². The van der Waals surface area contributed by atoms with Crippen LogP contribution in [-0.2, 0) is 0 Å². The molecule has 1 spiro atoms. The summed E-state index contributed by atoms with van der Waals surface area (Å²) in [6.45, 7) is 1.69. The molecule has 2 aliphatic heterocycles. The van der Waals surface area contributed by atoms with Gasteiger partial charge in [-0.15, -0.1) is 0 Å². The number of piperidine rings is 1. The fraction of sp³-hybridized carbons (Fsp3) is 0.318. The Hall–Kier alpha value is -3.86. The van der Waals surface area contributed by atoms with Crippen molar-refractivity contribution < 1.29 is 9.59 Å². The molecule has 2 amide bonds. The number of H-pyrrole nitrogens is 1. The number of amides is 2. The highest BCUT2D eigenvalue weighted by Crippen LogP contribution is 2.27. The van der Waals surface area contributed by atoms with Gasteiger partial charge in [0.1, 0.15) is 0 Å². The largest absolute Gasteiger partial charge is 0.381 e. The number of nitrogens with two attached hydrogens (primary N) is 1. The number of nitrogens with one attached hydrogen (secondary N) is 4. The van der Waals surface area contributed by atoms with Gasteiger partial charge in [0, 0.05) is 42.8 Å². The number of benzene rings is 1. The zero-order valence-corrected chi connectivity index (χ0v) is 19.2. The van der Waals surface area contributed by atoms with Crippen LogP contribution in [0, 0.1) is 0 Å². The van der Waals surface area contributed by atoms with Crippen LogP contribution in [0.15, 0.2) is 35.5 Å². The Labute approximate surface area is 200 Å². The third kappa shape index (κ3) is 3.98. The minimum Gasteiger partial charge on any atom is -0.381 e. The molecule has 0 unspecified atom stereocenters. The van der Waals surface area contributed by atoms with Crippen molar-refractivity contribution in [3.63, 3.8) is 0 Å². The molecular weight excluding hydrogens is 458 g/mol. The van der Waals surface area contributed by atoms with E-state index >= 15 is 0 Å². The number of rotatable bonds is 3. The van der Waals surface area contributed by atoms with Gasteiger partial charge in [-0.05, 0) is 37.1 Å². The summed E-state index contributed by atoms with van der Waals surface area (Å²) in [6.07, 6.45) is 3.28. The number of aromatic nitrogens is 3. The average molecular weight is 482 g/mol. The quantitative estimate of drug-likeness (QED) is 0.380. The fourth-order valence-electron chi connectivity index (χ4n) is 4.35. The number of nitrogens with zero attached hydrogens (tertiary/aromatic N) is 4. The Morgan fingerprint density at radius 1 is 1.21 bits per heavy atom. The van der Waals surface area contributed by atoms with E-state index in [4.69, 9.17) is 17.3 Å². The summed E-state index contributed by atoms with van der Waals surface area (Å²) in [5, 5.41) is 9.83. The number of guanidine groups is 1. The van der Waals surface area contributed by atoms with E-state index in [2.05, 4.69) is 35.9 Å². The van der Waals surface area contributed by atoms with Crippen molar-refractivity contribution in [3.05, 3.63) is 46.9 Å². The first-order valence-corrected chi connectivity index (χ1v) is 11.3. The second kappa shape index (κ2) is 8.49. The number of carbonyl (C=O) groups excluding carboxylic acids is 2. The van der Waals surface area contributed by atoms with Gasteiger partial charge in [-0.2, -0.15) is 0 Å². The minimum atomic E-state index is -0.505. The van der Waals surface area contributed by atoms with Crippen LogP contribution in [0.2, 0.25) is 5.15 Å². The second-order valence-corrected chi connectivity index (χ2v) is 8.80. The predicted molar refractivity (Wildman–Crippen MR) is 130 cm³/mol. The zero-order chi connectivity index (χ0) is 23.9. The van der Waals surface area contributed by atoms with Crippen molar-refractivity contribution in [2.75, 3.05) is 37.7 Å². The van der Waals surface area contributed by atoms with Crippen LogP contribution in [0.25, 0.3) is 10.9 Å². The summed E-state index contributed by atoms with van der Waals surface area (Å²) in [4.78, 5) is 43.3. The van der Waals surface area contributed by atoms with E-state index in [0.717, 1.165) is 10.9 Å². The molecule has 176 valence electrons. The number of fused-ring (bicyclic) bond motifs is 1. The van der Waals surface area contributed by atoms with Crippen LogP contribution in [0.3, 0.4) is 0 Å². The van der Waals surface area contributed by atoms with Crippen molar-refractivity contribution in [3.8, 4) is 0 Å². The molecule has 4 heterocycles. The molecule has 6 N–H and O–H groups in total. The van der Waals surface area contributed by atoms with Crippen molar-refractivity contribution in [1.82, 2.24) is 30.5 Å². The van der Waals surface area contributed by atoms with Crippen molar-refractivity contribution >= 4 is 51.9 Å². The first-order valence-electron chi connectivity index (χ1n) is 10.9. The lowest BCUT2D eigenvalue weighted by atomic mass is 9.88. The van der Waals surface area contributed by atoms with Gasteiger partial charge < -0.3 is 26.3 Å². The molecule has 2 aromatic heterocycles. The van der Waals surface area contributed by atoms with Gasteiger partial charge in [-0.3, -0.25) is 19.9 Å². The third-order valence-electron chi connectivity index (χ3n) is 6.29. The fourth-order valence-corrected chi connectivity index (χ4v) is 4.48. The predicted octanol–water partition coefficient (Wildman–Crippen LogP) is 1.60. The van der Waals surface area contributed by atoms with Crippen molar-refractivity contribution in [2.45, 2.75) is 18.4 Å². The minimum absolute atomic E-state index is 0.0174. The van der Waals surface area contributed by atoms with E-state index in [1.54, 1.807) is 7.05 Å². The van der Waals surface area contributed by atoms with Gasteiger partial charge in [-0.1, -0.05) is 11.6 Å². The van der Waals surface area contributed by atoms with E-state index in [9.17, 15) is 9.59 Å². The van der Waals surface area contributed by atoms with Gasteiger partial charge in [-0.25, -0.2) is 9.97 Å². The molecule has 0 radical (unpaired) electrons. The maximum Gasteiger partial charge on any atom is 0.280 e. The van der Waals surface area contributed by atoms with Gasteiger partial charge >= 0.3 is 0 Å². The third-order valence-corrected chi connectivity index (χ3v) is 6.57. The first kappa shape index (κ1) is 22.0. The second-order valence-electron chi connectivity index (χ2n) is 8.44. The maximum absolute atomic E-state index is 13.0. The molecule has 0 atom stereocenters. The summed E-state index contributed by atoms with van der Waals surface area (Å²) in [5.41, 5.74) is 7.06. The normalized spacial score (nSPS) is 16.9. The van der Waals surface area contributed by atoms with Crippen LogP contribution >= 0.6 is 11.6 Å². The van der Waals surface area contributed by atoms with Gasteiger partial charge in [0.2, 0.25) is 0 Å². The first-order chi connectivity index (χ1) is 16.4. The van der Waals surface area contributed by atoms with Gasteiger partial charge in [0.05, 0.1) is 12.1 Å². The number of nitrogen functional groups attached to an aromatic ring is 1. The average Bonchev–Trinajstić information content (AvgIpc) is 3.47. The number of carbonyl (C=O) groups is 2. The van der Waals surface area contributed by atoms with Gasteiger partial charge in [0.25, 0.3) is 11.8 Å². The SMILES string of the molecule is CNc1nc(N)c(Cl)nc1C(=O)NC1=NCC2(CCN(C(=O)c3ccc4[nH]ccc4c3)CC2)N1. The summed E-state index contributed by atoms with van der Waals surface area (Å²) >= 11 is 5.94. The lowest BCUT2D eigenvalue weighted by Gasteiger charge is -2.39. The number of likely N-dealkylation sites (tertiary alicyclic amines) is 1. The summed E-state index contributed by atoms with van der Waals surface area (Å²) in [6, 6.07) is 7.64. The van der Waals surface area contributed by atoms with E-state index in [-0.39, 0.29) is 33.9 Å². The Kier molecular flexibility index (Phi) is 5.48. The van der Waals surface area contributed by atoms with Crippen molar-refractivity contribution in [1.29, 1.82) is 0 Å². The molecule has 1 fully saturated rings. The monoisotopic (exact) mass is 481 g/mol. The molecule has 0 bridgehead atoms. The van der Waals surface area contributed by atoms with E-state index in [0.29, 0.717) is 44.0 Å². The molecule has 0 saturated carbocycles. The smallest absolute Gasteiger partial charge is 0.280 e. The topological polar surface area (TPSA) is 153 Å². The zero-order valence-electron chi connectivity index (χ0n) is 18.5. The highest BCUT2D eigenvalue weighted by molar-refractivity contribution is 6.31. The molecular formula is C22H24ClN9O2. The van der Waals surface area contributed by atoms with Crippen LogP contribution in [-0.4, -0.2) is 69.8 Å². The van der Waals surface area contributed by atoms with Gasteiger partial charge in [0.15, 0.2) is 28.4 Å². The Morgan fingerprint density at radius 3 is 2.76 bits per heavy atom. The summed E-state index contributed by atoms with van der Waals surface area (Å²) in [5.74, 6) is 0.127. The lowest BCUT2D eigenvalue weighted by molar-refractivity contribution is 0.0668. The molecule has 12 heteroatoms. The highest BCUT2D eigenvalue weighted by atomic mass is 35.5. The Morgan fingerprint density at radius 2 is 2.00 bits per heavy atom. The van der Waals surface area contributed by atoms with E-state index in [1.807, 2.05) is 35.4 Å². The molecule has 1 saturated heterocycles. The number of anilines is 2. The summed E-state index contributed by atoms with van der Waals surface area (Å²) < 4.78 is 0. The standard InChI is InChI=1S/C22H24ClN9O2/c1-25-18-15(28-16(23)17(24)29-18)19(33)30-21-27-11-22(31-21)5-8-32(9-6-22)20(34)13-2-3-14-12(10-13)4-7-26-14/h2-4,7,10,26H,5-6,8-9,11H2,1H3,(H3,24,25,29)(H2,27,30,31,33). The number of hydrogen-bond acceptors (Lipinski definition) is 8. The van der Waals surface area contributed by atoms with Crippen molar-refractivity contribution in [2.24, 2.45) is 4.99 Å². The highest BCUT2D eigenvalue weighted by Gasteiger charge is 2.40. The van der Waals surface area contributed by atoms with Crippen LogP contribution in [0.4, 0.5) is 11.6 Å². The molecule has 1 aromatic carbocycles. The van der Waals surface area contributed by atoms with E-state index in [1.165, 1.54) is 0 Å². The van der Waals surface area contributed by atoms with Crippen LogP contribution in [0.1, 0.15) is 33.7 Å². The number of aromatic amines is 1.